The van der Waals surface area contributed by atoms with Crippen LogP contribution in [0.3, 0.4) is 0 Å². The van der Waals surface area contributed by atoms with E-state index in [4.69, 9.17) is 5.26 Å². The van der Waals surface area contributed by atoms with Gasteiger partial charge in [-0.2, -0.15) is 5.26 Å². The van der Waals surface area contributed by atoms with Crippen LogP contribution in [0.1, 0.15) is 33.6 Å². The van der Waals surface area contributed by atoms with Crippen LogP contribution >= 0.6 is 0 Å². The number of aromatic nitrogens is 3. The summed E-state index contributed by atoms with van der Waals surface area (Å²) in [5.41, 5.74) is 2.61. The van der Waals surface area contributed by atoms with Crippen LogP contribution in [0, 0.1) is 11.3 Å². The third-order valence-electron chi connectivity index (χ3n) is 5.33. The first-order valence-electron chi connectivity index (χ1n) is 9.82. The maximum Gasteiger partial charge on any atom is 0.260 e. The number of benzene rings is 1. The molecule has 0 saturated carbocycles. The van der Waals surface area contributed by atoms with Gasteiger partial charge in [-0.3, -0.25) is 9.59 Å². The Bertz CT molecular complexity index is 1130. The number of nitriles is 1. The minimum Gasteiger partial charge on any atom is -0.337 e. The van der Waals surface area contributed by atoms with Crippen LogP contribution in [-0.4, -0.2) is 44.5 Å². The molecular weight excluding hydrogens is 380 g/mol. The predicted molar refractivity (Wildman–Crippen MR) is 111 cm³/mol. The molecule has 1 aromatic carbocycles. The maximum atomic E-state index is 12.6. The van der Waals surface area contributed by atoms with Gasteiger partial charge in [0.05, 0.1) is 23.7 Å². The summed E-state index contributed by atoms with van der Waals surface area (Å²) in [6.45, 7) is 2.50. The molecule has 152 valence electrons. The second-order valence-corrected chi connectivity index (χ2v) is 7.35. The van der Waals surface area contributed by atoms with Crippen LogP contribution < -0.4 is 10.9 Å². The molecule has 0 radical (unpaired) electrons. The van der Waals surface area contributed by atoms with Crippen LogP contribution in [0.25, 0.3) is 0 Å². The molecule has 1 amide bonds. The van der Waals surface area contributed by atoms with Crippen molar-refractivity contribution in [2.45, 2.75) is 25.6 Å². The zero-order chi connectivity index (χ0) is 20.9. The summed E-state index contributed by atoms with van der Waals surface area (Å²) in [6.07, 6.45) is 5.98. The maximum absolute atomic E-state index is 12.6. The molecule has 2 aromatic heterocycles. The number of H-pyrrole nitrogens is 1. The molecule has 1 saturated heterocycles. The molecule has 8 nitrogen and oxygen atoms in total. The van der Waals surface area contributed by atoms with Gasteiger partial charge in [-0.25, -0.2) is 4.98 Å². The number of amides is 1. The van der Waals surface area contributed by atoms with Gasteiger partial charge in [0.25, 0.3) is 11.5 Å². The van der Waals surface area contributed by atoms with Crippen molar-refractivity contribution < 1.29 is 4.79 Å². The number of likely N-dealkylation sites (tertiary alicyclic amines) is 1. The van der Waals surface area contributed by atoms with Crippen molar-refractivity contribution in [2.75, 3.05) is 13.1 Å². The van der Waals surface area contributed by atoms with Crippen LogP contribution in [0.5, 0.6) is 0 Å². The lowest BCUT2D eigenvalue weighted by Crippen LogP contribution is -2.37. The van der Waals surface area contributed by atoms with Crippen LogP contribution in [0.4, 0.5) is 0 Å². The summed E-state index contributed by atoms with van der Waals surface area (Å²) in [6, 6.07) is 13.0. The average Bonchev–Trinajstić information content (AvgIpc) is 3.42. The summed E-state index contributed by atoms with van der Waals surface area (Å²) < 4.78 is 2.07. The van der Waals surface area contributed by atoms with Crippen LogP contribution in [0.15, 0.2) is 59.9 Å². The second-order valence-electron chi connectivity index (χ2n) is 7.35. The fourth-order valence-corrected chi connectivity index (χ4v) is 3.64. The summed E-state index contributed by atoms with van der Waals surface area (Å²) in [5, 5.41) is 12.4. The Morgan fingerprint density at radius 1 is 1.30 bits per heavy atom. The number of aromatic amines is 1. The highest BCUT2D eigenvalue weighted by Gasteiger charge is 2.27. The van der Waals surface area contributed by atoms with Crippen molar-refractivity contribution in [2.24, 2.45) is 0 Å². The summed E-state index contributed by atoms with van der Waals surface area (Å²) in [7, 11) is 0. The van der Waals surface area contributed by atoms with Gasteiger partial charge in [0.2, 0.25) is 0 Å². The van der Waals surface area contributed by atoms with E-state index in [0.717, 1.165) is 17.7 Å². The van der Waals surface area contributed by atoms with E-state index in [2.05, 4.69) is 25.9 Å². The Hall–Kier alpha value is -3.70. The first kappa shape index (κ1) is 19.6. The van der Waals surface area contributed by atoms with Gasteiger partial charge in [0.1, 0.15) is 5.56 Å². The summed E-state index contributed by atoms with van der Waals surface area (Å²) >= 11 is 0. The molecule has 2 N–H and O–H groups in total. The highest BCUT2D eigenvalue weighted by Crippen LogP contribution is 2.14. The van der Waals surface area contributed by atoms with E-state index in [1.54, 1.807) is 23.4 Å². The zero-order valence-electron chi connectivity index (χ0n) is 16.4. The topological polar surface area (TPSA) is 107 Å². The third kappa shape index (κ3) is 4.31. The molecule has 4 rings (SSSR count). The summed E-state index contributed by atoms with van der Waals surface area (Å²) in [4.78, 5) is 33.0. The molecule has 3 aromatic rings. The molecule has 1 aliphatic rings. The van der Waals surface area contributed by atoms with E-state index in [-0.39, 0.29) is 23.1 Å². The molecule has 30 heavy (non-hydrogen) atoms. The van der Waals surface area contributed by atoms with E-state index < -0.39 is 0 Å². The molecule has 1 fully saturated rings. The number of imidazole rings is 1. The fraction of sp³-hybridized carbons (Fsp3) is 0.273. The second kappa shape index (κ2) is 8.76. The Balaban J connectivity index is 1.33. The first-order valence-corrected chi connectivity index (χ1v) is 9.82. The van der Waals surface area contributed by atoms with Gasteiger partial charge in [-0.15, -0.1) is 0 Å². The number of rotatable bonds is 6. The number of hydrogen-bond acceptors (Lipinski definition) is 5. The van der Waals surface area contributed by atoms with E-state index in [9.17, 15) is 9.59 Å². The lowest BCUT2D eigenvalue weighted by Gasteiger charge is -2.17. The van der Waals surface area contributed by atoms with Gasteiger partial charge in [-0.05, 0) is 36.2 Å². The van der Waals surface area contributed by atoms with Crippen molar-refractivity contribution in [1.82, 2.24) is 24.8 Å². The quantitative estimate of drug-likeness (QED) is 0.650. The molecule has 0 bridgehead atoms. The highest BCUT2D eigenvalue weighted by molar-refractivity contribution is 5.94. The van der Waals surface area contributed by atoms with Gasteiger partial charge < -0.3 is 19.8 Å². The Morgan fingerprint density at radius 3 is 2.90 bits per heavy atom. The Kier molecular flexibility index (Phi) is 5.72. The normalized spacial score (nSPS) is 15.8. The van der Waals surface area contributed by atoms with Crippen molar-refractivity contribution in [3.63, 3.8) is 0 Å². The number of carbonyl (C=O) groups is 1. The number of pyridine rings is 1. The Labute approximate surface area is 173 Å². The average molecular weight is 402 g/mol. The first-order chi connectivity index (χ1) is 14.6. The monoisotopic (exact) mass is 402 g/mol. The van der Waals surface area contributed by atoms with Crippen LogP contribution in [0.2, 0.25) is 0 Å². The van der Waals surface area contributed by atoms with Crippen molar-refractivity contribution in [3.8, 4) is 6.07 Å². The van der Waals surface area contributed by atoms with Gasteiger partial charge in [0.15, 0.2) is 0 Å². The standard InChI is InChI=1S/C22H22N6O2/c23-10-16-3-5-17(6-4-16)13-28-15-24-11-19(28)12-26-18-7-9-27(14-18)22(30)20-2-1-8-25-21(20)29/h1-6,8,11,15,18,26H,7,9,12-14H2,(H,25,29)/t18-/m0/s1. The predicted octanol–water partition coefficient (Wildman–Crippen LogP) is 1.50. The lowest BCUT2D eigenvalue weighted by atomic mass is 10.1. The van der Waals surface area contributed by atoms with E-state index >= 15 is 0 Å². The molecule has 1 atom stereocenters. The minimum absolute atomic E-state index is 0.162. The van der Waals surface area contributed by atoms with Gasteiger partial charge >= 0.3 is 0 Å². The molecule has 3 heterocycles. The minimum atomic E-state index is -0.356. The van der Waals surface area contributed by atoms with Crippen molar-refractivity contribution in [1.29, 1.82) is 5.26 Å². The molecule has 1 aliphatic heterocycles. The lowest BCUT2D eigenvalue weighted by molar-refractivity contribution is 0.0787. The van der Waals surface area contributed by atoms with Crippen molar-refractivity contribution >= 4 is 5.91 Å². The molecule has 0 unspecified atom stereocenters. The van der Waals surface area contributed by atoms with E-state index in [1.807, 2.05) is 30.5 Å². The number of nitrogens with one attached hydrogen (secondary N) is 2. The smallest absolute Gasteiger partial charge is 0.260 e. The van der Waals surface area contributed by atoms with Gasteiger partial charge in [-0.1, -0.05) is 12.1 Å². The SMILES string of the molecule is N#Cc1ccc(Cn2cncc2CN[C@H]2CCN(C(=O)c3ccc[nH]c3=O)C2)cc1. The van der Waals surface area contributed by atoms with E-state index in [0.29, 0.717) is 31.7 Å². The highest BCUT2D eigenvalue weighted by atomic mass is 16.2. The fourth-order valence-electron chi connectivity index (χ4n) is 3.64. The van der Waals surface area contributed by atoms with Crippen LogP contribution in [-0.2, 0) is 13.1 Å². The molecule has 0 aliphatic carbocycles. The number of carbonyl (C=O) groups excluding carboxylic acids is 1. The molecule has 0 spiro atoms. The Morgan fingerprint density at radius 2 is 2.13 bits per heavy atom. The van der Waals surface area contributed by atoms with Crippen molar-refractivity contribution in [3.05, 3.63) is 87.9 Å². The summed E-state index contributed by atoms with van der Waals surface area (Å²) in [5.74, 6) is -0.230. The number of hydrogen-bond donors (Lipinski definition) is 2. The number of nitrogens with zero attached hydrogens (tertiary/aromatic N) is 4. The molecular formula is C22H22N6O2. The van der Waals surface area contributed by atoms with E-state index in [1.165, 1.54) is 6.20 Å². The molecule has 8 heteroatoms. The third-order valence-corrected chi connectivity index (χ3v) is 5.33. The zero-order valence-corrected chi connectivity index (χ0v) is 16.4. The largest absolute Gasteiger partial charge is 0.337 e. The van der Waals surface area contributed by atoms with Gasteiger partial charge in [0, 0.05) is 44.6 Å².